The second-order valence-corrected chi connectivity index (χ2v) is 8.11. The van der Waals surface area contributed by atoms with E-state index in [1.54, 1.807) is 0 Å². The molecule has 1 aromatic heterocycles. The smallest absolute Gasteiger partial charge is 0.208 e. The van der Waals surface area contributed by atoms with Gasteiger partial charge in [0, 0.05) is 18.1 Å². The number of hydrogen-bond acceptors (Lipinski definition) is 4. The van der Waals surface area contributed by atoms with Crippen LogP contribution in [0.1, 0.15) is 42.7 Å². The van der Waals surface area contributed by atoms with E-state index in [4.69, 9.17) is 21.0 Å². The van der Waals surface area contributed by atoms with Gasteiger partial charge >= 0.3 is 0 Å². The highest BCUT2D eigenvalue weighted by molar-refractivity contribution is 14.0. The monoisotopic (exact) mass is 545 g/mol. The number of likely N-dealkylation sites (tertiary alicyclic amines) is 1. The molecule has 0 radical (unpaired) electrons. The summed E-state index contributed by atoms with van der Waals surface area (Å²) in [7, 11) is 0. The molecule has 2 aromatic rings. The minimum Gasteiger partial charge on any atom is -0.444 e. The van der Waals surface area contributed by atoms with E-state index in [-0.39, 0.29) is 24.0 Å². The number of guanidine groups is 1. The summed E-state index contributed by atoms with van der Waals surface area (Å²) in [5, 5.41) is 7.60. The first kappa shape index (κ1) is 24.9. The van der Waals surface area contributed by atoms with Crippen LogP contribution in [0.25, 0.3) is 0 Å². The van der Waals surface area contributed by atoms with E-state index in [9.17, 15) is 0 Å². The van der Waals surface area contributed by atoms with E-state index in [2.05, 4.69) is 27.4 Å². The minimum absolute atomic E-state index is 0. The Labute approximate surface area is 201 Å². The van der Waals surface area contributed by atoms with Crippen LogP contribution in [-0.4, -0.2) is 42.0 Å². The van der Waals surface area contributed by atoms with Crippen LogP contribution in [-0.2, 0) is 13.1 Å². The van der Waals surface area contributed by atoms with Crippen molar-refractivity contribution < 1.29 is 4.42 Å². The molecule has 1 aliphatic rings. The summed E-state index contributed by atoms with van der Waals surface area (Å²) in [6.07, 6.45) is 2.34. The van der Waals surface area contributed by atoms with Crippen molar-refractivity contribution in [3.05, 3.63) is 52.2 Å². The van der Waals surface area contributed by atoms with Crippen molar-refractivity contribution in [3.63, 3.8) is 0 Å². The fourth-order valence-corrected chi connectivity index (χ4v) is 3.62. The molecule has 8 heteroatoms. The maximum atomic E-state index is 5.95. The summed E-state index contributed by atoms with van der Waals surface area (Å²) in [5.41, 5.74) is 2.14. The topological polar surface area (TPSA) is 65.7 Å². The zero-order chi connectivity index (χ0) is 20.6. The van der Waals surface area contributed by atoms with Gasteiger partial charge < -0.3 is 15.1 Å². The normalized spacial score (nSPS) is 15.7. The molecule has 166 valence electrons. The van der Waals surface area contributed by atoms with Crippen molar-refractivity contribution in [2.24, 2.45) is 10.9 Å². The Morgan fingerprint density at radius 3 is 2.50 bits per heavy atom. The Bertz CT molecular complexity index is 781. The van der Waals surface area contributed by atoms with Gasteiger partial charge in [0.2, 0.25) is 5.89 Å². The van der Waals surface area contributed by atoms with E-state index >= 15 is 0 Å². The number of benzene rings is 1. The first-order chi connectivity index (χ1) is 14.0. The fraction of sp³-hybridized carbons (Fsp3) is 0.545. The largest absolute Gasteiger partial charge is 0.444 e. The number of piperidine rings is 1. The molecular weight excluding hydrogens is 513 g/mol. The van der Waals surface area contributed by atoms with Crippen LogP contribution in [0.3, 0.4) is 0 Å². The molecule has 2 N–H and O–H groups in total. The summed E-state index contributed by atoms with van der Waals surface area (Å²) >= 11 is 5.95. The first-order valence-electron chi connectivity index (χ1n) is 10.5. The molecule has 0 spiro atoms. The highest BCUT2D eigenvalue weighted by Crippen LogP contribution is 2.19. The number of aromatic nitrogens is 1. The number of halogens is 2. The number of oxazole rings is 1. The van der Waals surface area contributed by atoms with Gasteiger partial charge in [0.1, 0.15) is 5.76 Å². The van der Waals surface area contributed by atoms with Crippen LogP contribution in [0.2, 0.25) is 5.02 Å². The summed E-state index contributed by atoms with van der Waals surface area (Å²) in [4.78, 5) is 11.6. The standard InChI is InChI=1S/C22H32ClN5O.HI/c1-4-24-22(25-13-18-5-7-20(23)8-6-18)26-14-19-9-11-28(12-10-19)15-21-27-16(2)17(3)29-21;/h5-8,19H,4,9-15H2,1-3H3,(H2,24,25,26);1H. The lowest BCUT2D eigenvalue weighted by atomic mass is 9.97. The summed E-state index contributed by atoms with van der Waals surface area (Å²) in [6.45, 7) is 11.4. The average molecular weight is 546 g/mol. The van der Waals surface area contributed by atoms with E-state index in [1.807, 2.05) is 38.1 Å². The Morgan fingerprint density at radius 1 is 1.20 bits per heavy atom. The van der Waals surface area contributed by atoms with Crippen LogP contribution >= 0.6 is 35.6 Å². The Balaban J connectivity index is 0.00000320. The van der Waals surface area contributed by atoms with Crippen molar-refractivity contribution in [3.8, 4) is 0 Å². The van der Waals surface area contributed by atoms with Gasteiger partial charge in [0.05, 0.1) is 18.8 Å². The van der Waals surface area contributed by atoms with Gasteiger partial charge in [-0.2, -0.15) is 0 Å². The van der Waals surface area contributed by atoms with Crippen molar-refractivity contribution in [1.82, 2.24) is 20.5 Å². The molecule has 1 aliphatic heterocycles. The third-order valence-corrected chi connectivity index (χ3v) is 5.63. The zero-order valence-electron chi connectivity index (χ0n) is 18.1. The molecule has 6 nitrogen and oxygen atoms in total. The van der Waals surface area contributed by atoms with Crippen LogP contribution in [0, 0.1) is 19.8 Å². The lowest BCUT2D eigenvalue weighted by Crippen LogP contribution is -2.42. The van der Waals surface area contributed by atoms with E-state index in [1.165, 1.54) is 12.8 Å². The van der Waals surface area contributed by atoms with Gasteiger partial charge in [-0.25, -0.2) is 9.98 Å². The predicted octanol–water partition coefficient (Wildman–Crippen LogP) is 4.53. The zero-order valence-corrected chi connectivity index (χ0v) is 21.2. The van der Waals surface area contributed by atoms with E-state index < -0.39 is 0 Å². The minimum atomic E-state index is 0. The quantitative estimate of drug-likeness (QED) is 0.304. The molecule has 1 aromatic carbocycles. The SMILES string of the molecule is CCNC(=NCc1ccc(Cl)cc1)NCC1CCN(Cc2nc(C)c(C)o2)CC1.I. The van der Waals surface area contributed by atoms with Gasteiger partial charge in [-0.15, -0.1) is 24.0 Å². The average Bonchev–Trinajstić information content (AvgIpc) is 3.03. The van der Waals surface area contributed by atoms with Crippen LogP contribution in [0.5, 0.6) is 0 Å². The molecule has 0 bridgehead atoms. The fourth-order valence-electron chi connectivity index (χ4n) is 3.49. The van der Waals surface area contributed by atoms with Gasteiger partial charge in [-0.3, -0.25) is 4.90 Å². The molecule has 0 amide bonds. The molecule has 1 fully saturated rings. The Hall–Kier alpha value is -1.32. The summed E-state index contributed by atoms with van der Waals surface area (Å²) in [5.74, 6) is 3.28. The molecule has 2 heterocycles. The van der Waals surface area contributed by atoms with Crippen LogP contribution in [0.4, 0.5) is 0 Å². The molecule has 0 saturated carbocycles. The third kappa shape index (κ3) is 7.74. The Kier molecular flexibility index (Phi) is 10.4. The van der Waals surface area contributed by atoms with Crippen molar-refractivity contribution in [1.29, 1.82) is 0 Å². The number of aliphatic imine (C=N–C) groups is 1. The lowest BCUT2D eigenvalue weighted by molar-refractivity contribution is 0.164. The second-order valence-electron chi connectivity index (χ2n) is 7.67. The van der Waals surface area contributed by atoms with Crippen molar-refractivity contribution in [2.45, 2.75) is 46.7 Å². The van der Waals surface area contributed by atoms with Crippen molar-refractivity contribution >= 4 is 41.5 Å². The van der Waals surface area contributed by atoms with Crippen LogP contribution < -0.4 is 10.6 Å². The number of nitrogens with one attached hydrogen (secondary N) is 2. The van der Waals surface area contributed by atoms with Crippen LogP contribution in [0.15, 0.2) is 33.7 Å². The predicted molar refractivity (Wildman–Crippen MR) is 134 cm³/mol. The van der Waals surface area contributed by atoms with Gasteiger partial charge in [-0.1, -0.05) is 23.7 Å². The number of aryl methyl sites for hydroxylation is 2. The molecular formula is C22H33ClIN5O. The first-order valence-corrected chi connectivity index (χ1v) is 10.8. The third-order valence-electron chi connectivity index (χ3n) is 5.37. The molecule has 0 aliphatic carbocycles. The van der Waals surface area contributed by atoms with Gasteiger partial charge in [0.25, 0.3) is 0 Å². The molecule has 3 rings (SSSR count). The molecule has 0 atom stereocenters. The highest BCUT2D eigenvalue weighted by atomic mass is 127. The van der Waals surface area contributed by atoms with Gasteiger partial charge in [0.15, 0.2) is 5.96 Å². The number of rotatable bonds is 7. The lowest BCUT2D eigenvalue weighted by Gasteiger charge is -2.31. The Morgan fingerprint density at radius 2 is 1.90 bits per heavy atom. The maximum absolute atomic E-state index is 5.95. The molecule has 30 heavy (non-hydrogen) atoms. The summed E-state index contributed by atoms with van der Waals surface area (Å²) in [6, 6.07) is 7.84. The number of nitrogens with zero attached hydrogens (tertiary/aromatic N) is 3. The van der Waals surface area contributed by atoms with Gasteiger partial charge in [-0.05, 0) is 70.3 Å². The maximum Gasteiger partial charge on any atom is 0.208 e. The molecule has 1 saturated heterocycles. The van der Waals surface area contributed by atoms with Crippen molar-refractivity contribution in [2.75, 3.05) is 26.2 Å². The van der Waals surface area contributed by atoms with E-state index in [0.717, 1.165) is 66.6 Å². The van der Waals surface area contributed by atoms with E-state index in [0.29, 0.717) is 12.5 Å². The summed E-state index contributed by atoms with van der Waals surface area (Å²) < 4.78 is 5.72. The molecule has 0 unspecified atom stereocenters. The highest BCUT2D eigenvalue weighted by Gasteiger charge is 2.21. The second kappa shape index (κ2) is 12.5. The number of hydrogen-bond donors (Lipinski definition) is 2.